The largest absolute Gasteiger partial charge is 0.493 e. The fourth-order valence-electron chi connectivity index (χ4n) is 3.08. The number of ether oxygens (including phenoxy) is 1. The van der Waals surface area contributed by atoms with Gasteiger partial charge in [0.2, 0.25) is 0 Å². The van der Waals surface area contributed by atoms with Crippen molar-refractivity contribution in [2.75, 3.05) is 6.61 Å². The predicted molar refractivity (Wildman–Crippen MR) is 118 cm³/mol. The number of rotatable bonds is 6. The van der Waals surface area contributed by atoms with E-state index >= 15 is 0 Å². The van der Waals surface area contributed by atoms with Crippen LogP contribution >= 0.6 is 22.9 Å². The van der Waals surface area contributed by atoms with Gasteiger partial charge < -0.3 is 4.74 Å². The summed E-state index contributed by atoms with van der Waals surface area (Å²) in [4.78, 5) is 9.93. The zero-order valence-corrected chi connectivity index (χ0v) is 17.7. The van der Waals surface area contributed by atoms with Crippen molar-refractivity contribution >= 4 is 39.0 Å². The molecule has 4 aromatic rings. The van der Waals surface area contributed by atoms with Gasteiger partial charge in [-0.3, -0.25) is 0 Å². The summed E-state index contributed by atoms with van der Waals surface area (Å²) in [7, 11) is 0. The zero-order valence-electron chi connectivity index (χ0n) is 16.1. The summed E-state index contributed by atoms with van der Waals surface area (Å²) in [5.41, 5.74) is 3.95. The maximum Gasteiger partial charge on any atom is 0.195 e. The minimum atomic E-state index is 0.398. The fraction of sp³-hybridized carbons (Fsp3) is 0.182. The van der Waals surface area contributed by atoms with Crippen molar-refractivity contribution in [1.82, 2.24) is 9.97 Å². The number of nitrogens with zero attached hydrogens (tertiary/aromatic N) is 4. The molecular weight excluding hydrogens is 404 g/mol. The molecule has 4 rings (SSSR count). The van der Waals surface area contributed by atoms with Crippen LogP contribution in [-0.4, -0.2) is 16.6 Å². The van der Waals surface area contributed by atoms with E-state index in [1.54, 1.807) is 11.3 Å². The van der Waals surface area contributed by atoms with Crippen LogP contribution in [0.3, 0.4) is 0 Å². The lowest BCUT2D eigenvalue weighted by Gasteiger charge is -2.09. The number of fused-ring (bicyclic) bond motifs is 1. The Morgan fingerprint density at radius 2 is 1.86 bits per heavy atom. The van der Waals surface area contributed by atoms with Crippen LogP contribution in [0.4, 0.5) is 5.82 Å². The van der Waals surface area contributed by atoms with Gasteiger partial charge in [0, 0.05) is 15.5 Å². The SMILES string of the molecule is CCOc1ccccc1-c1sc2c(N=NCc3ccccc3Cl)ncnc2c1C. The summed E-state index contributed by atoms with van der Waals surface area (Å²) in [6.07, 6.45) is 1.53. The molecule has 0 saturated carbocycles. The highest BCUT2D eigenvalue weighted by Crippen LogP contribution is 2.43. The Kier molecular flexibility index (Phi) is 5.83. The molecule has 0 radical (unpaired) electrons. The first-order chi connectivity index (χ1) is 14.2. The van der Waals surface area contributed by atoms with E-state index in [1.165, 1.54) is 6.33 Å². The lowest BCUT2D eigenvalue weighted by molar-refractivity contribution is 0.341. The third-order valence-corrected chi connectivity index (χ3v) is 6.16. The molecule has 146 valence electrons. The van der Waals surface area contributed by atoms with E-state index in [1.807, 2.05) is 49.4 Å². The maximum absolute atomic E-state index is 6.20. The Labute approximate surface area is 178 Å². The minimum absolute atomic E-state index is 0.398. The molecule has 0 aliphatic heterocycles. The van der Waals surface area contributed by atoms with Crippen molar-refractivity contribution in [3.63, 3.8) is 0 Å². The fourth-order valence-corrected chi connectivity index (χ4v) is 4.50. The summed E-state index contributed by atoms with van der Waals surface area (Å²) < 4.78 is 6.73. The highest BCUT2D eigenvalue weighted by molar-refractivity contribution is 7.23. The first-order valence-electron chi connectivity index (χ1n) is 9.26. The molecule has 0 atom stereocenters. The van der Waals surface area contributed by atoms with E-state index in [9.17, 15) is 0 Å². The third-order valence-electron chi connectivity index (χ3n) is 4.48. The second kappa shape index (κ2) is 8.68. The topological polar surface area (TPSA) is 59.7 Å². The molecule has 0 bridgehead atoms. The van der Waals surface area contributed by atoms with Crippen LogP contribution in [-0.2, 0) is 6.54 Å². The number of thiophene rings is 1. The molecule has 0 aliphatic carbocycles. The number of hydrogen-bond acceptors (Lipinski definition) is 6. The van der Waals surface area contributed by atoms with Crippen molar-refractivity contribution < 1.29 is 4.74 Å². The molecule has 0 N–H and O–H groups in total. The molecule has 2 aromatic heterocycles. The van der Waals surface area contributed by atoms with Crippen molar-refractivity contribution in [3.8, 4) is 16.2 Å². The molecular formula is C22H19ClN4OS. The Morgan fingerprint density at radius 3 is 2.69 bits per heavy atom. The van der Waals surface area contributed by atoms with Crippen LogP contribution in [0.15, 0.2) is 65.1 Å². The van der Waals surface area contributed by atoms with Gasteiger partial charge in [0.1, 0.15) is 16.8 Å². The summed E-state index contributed by atoms with van der Waals surface area (Å²) in [6.45, 7) is 5.06. The molecule has 7 heteroatoms. The van der Waals surface area contributed by atoms with Gasteiger partial charge in [-0.15, -0.1) is 16.5 Å². The molecule has 0 fully saturated rings. The van der Waals surface area contributed by atoms with Gasteiger partial charge in [-0.1, -0.05) is 41.9 Å². The zero-order chi connectivity index (χ0) is 20.2. The van der Waals surface area contributed by atoms with E-state index < -0.39 is 0 Å². The predicted octanol–water partition coefficient (Wildman–Crippen LogP) is 7.00. The average Bonchev–Trinajstić information content (AvgIpc) is 3.07. The maximum atomic E-state index is 6.20. The molecule has 5 nitrogen and oxygen atoms in total. The quantitative estimate of drug-likeness (QED) is 0.314. The summed E-state index contributed by atoms with van der Waals surface area (Å²) >= 11 is 7.80. The second-order valence-electron chi connectivity index (χ2n) is 6.35. The minimum Gasteiger partial charge on any atom is -0.493 e. The number of benzene rings is 2. The van der Waals surface area contributed by atoms with Crippen LogP contribution in [0.25, 0.3) is 20.7 Å². The highest BCUT2D eigenvalue weighted by atomic mass is 35.5. The van der Waals surface area contributed by atoms with E-state index in [0.29, 0.717) is 24.0 Å². The molecule has 0 spiro atoms. The second-order valence-corrected chi connectivity index (χ2v) is 7.78. The highest BCUT2D eigenvalue weighted by Gasteiger charge is 2.17. The number of aryl methyl sites for hydroxylation is 1. The normalized spacial score (nSPS) is 11.4. The van der Waals surface area contributed by atoms with Crippen LogP contribution < -0.4 is 4.74 Å². The van der Waals surface area contributed by atoms with Crippen LogP contribution in [0.2, 0.25) is 5.02 Å². The van der Waals surface area contributed by atoms with Gasteiger partial charge in [-0.05, 0) is 43.2 Å². The van der Waals surface area contributed by atoms with Gasteiger partial charge in [0.15, 0.2) is 5.82 Å². The van der Waals surface area contributed by atoms with Crippen molar-refractivity contribution in [1.29, 1.82) is 0 Å². The number of aromatic nitrogens is 2. The average molecular weight is 423 g/mol. The standard InChI is InChI=1S/C22H19ClN4OS/c1-3-28-18-11-7-5-9-16(18)20-14(2)19-21(29-20)22(25-13-24-19)27-26-12-15-8-4-6-10-17(15)23/h4-11,13H,3,12H2,1-2H3. The number of azo groups is 1. The van der Waals surface area contributed by atoms with Crippen LogP contribution in [0, 0.1) is 6.92 Å². The first-order valence-corrected chi connectivity index (χ1v) is 10.5. The van der Waals surface area contributed by atoms with Crippen molar-refractivity contribution in [3.05, 3.63) is 71.0 Å². The Morgan fingerprint density at radius 1 is 1.07 bits per heavy atom. The molecule has 0 aliphatic rings. The van der Waals surface area contributed by atoms with Gasteiger partial charge in [-0.2, -0.15) is 5.11 Å². The Hall–Kier alpha value is -2.83. The summed E-state index contributed by atoms with van der Waals surface area (Å²) in [5.74, 6) is 1.43. The van der Waals surface area contributed by atoms with Crippen molar-refractivity contribution in [2.45, 2.75) is 20.4 Å². The van der Waals surface area contributed by atoms with Crippen LogP contribution in [0.5, 0.6) is 5.75 Å². The van der Waals surface area contributed by atoms with Crippen molar-refractivity contribution in [2.24, 2.45) is 10.2 Å². The van der Waals surface area contributed by atoms with E-state index in [2.05, 4.69) is 33.2 Å². The Balaban J connectivity index is 1.72. The summed E-state index contributed by atoms with van der Waals surface area (Å²) in [6, 6.07) is 15.7. The van der Waals surface area contributed by atoms with Gasteiger partial charge in [0.05, 0.1) is 18.7 Å². The lowest BCUT2D eigenvalue weighted by Crippen LogP contribution is -1.93. The monoisotopic (exact) mass is 422 g/mol. The molecule has 2 heterocycles. The smallest absolute Gasteiger partial charge is 0.195 e. The summed E-state index contributed by atoms with van der Waals surface area (Å²) in [5, 5.41) is 9.37. The lowest BCUT2D eigenvalue weighted by atomic mass is 10.1. The Bertz CT molecular complexity index is 1190. The van der Waals surface area contributed by atoms with E-state index in [-0.39, 0.29) is 0 Å². The van der Waals surface area contributed by atoms with Gasteiger partial charge in [0.25, 0.3) is 0 Å². The number of hydrogen-bond donors (Lipinski definition) is 0. The van der Waals surface area contributed by atoms with Gasteiger partial charge >= 0.3 is 0 Å². The number of halogens is 1. The molecule has 0 amide bonds. The molecule has 0 saturated heterocycles. The van der Waals surface area contributed by atoms with E-state index in [0.717, 1.165) is 37.5 Å². The van der Waals surface area contributed by atoms with Gasteiger partial charge in [-0.25, -0.2) is 9.97 Å². The molecule has 29 heavy (non-hydrogen) atoms. The van der Waals surface area contributed by atoms with E-state index in [4.69, 9.17) is 16.3 Å². The van der Waals surface area contributed by atoms with Crippen LogP contribution in [0.1, 0.15) is 18.1 Å². The number of para-hydroxylation sites is 1. The first kappa shape index (κ1) is 19.5. The molecule has 0 unspecified atom stereocenters. The third kappa shape index (κ3) is 3.99. The molecule has 2 aromatic carbocycles.